The SMILES string of the molecule is CCC1CCC(=O)N(Cc2nc3cc(N)ccc3o2)CC1. The lowest BCUT2D eigenvalue weighted by atomic mass is 9.98. The zero-order valence-electron chi connectivity index (χ0n) is 12.3. The third kappa shape index (κ3) is 3.01. The number of rotatable bonds is 3. The van der Waals surface area contributed by atoms with E-state index >= 15 is 0 Å². The zero-order valence-corrected chi connectivity index (χ0v) is 12.3. The van der Waals surface area contributed by atoms with Crippen molar-refractivity contribution in [3.63, 3.8) is 0 Å². The summed E-state index contributed by atoms with van der Waals surface area (Å²) in [5.74, 6) is 1.44. The van der Waals surface area contributed by atoms with Crippen LogP contribution in [0.15, 0.2) is 22.6 Å². The van der Waals surface area contributed by atoms with Gasteiger partial charge in [0.1, 0.15) is 5.52 Å². The summed E-state index contributed by atoms with van der Waals surface area (Å²) in [7, 11) is 0. The van der Waals surface area contributed by atoms with Crippen molar-refractivity contribution in [1.29, 1.82) is 0 Å². The highest BCUT2D eigenvalue weighted by atomic mass is 16.3. The molecule has 1 aromatic carbocycles. The third-order valence-corrected chi connectivity index (χ3v) is 4.29. The second-order valence-electron chi connectivity index (χ2n) is 5.75. The van der Waals surface area contributed by atoms with E-state index in [1.807, 2.05) is 11.0 Å². The fourth-order valence-electron chi connectivity index (χ4n) is 2.89. The molecule has 1 atom stereocenters. The Kier molecular flexibility index (Phi) is 3.82. The maximum absolute atomic E-state index is 12.2. The zero-order chi connectivity index (χ0) is 14.8. The van der Waals surface area contributed by atoms with Crippen molar-refractivity contribution in [3.8, 4) is 0 Å². The predicted octanol–water partition coefficient (Wildman–Crippen LogP) is 2.95. The fourth-order valence-corrected chi connectivity index (χ4v) is 2.89. The number of oxazole rings is 1. The van der Waals surface area contributed by atoms with Crippen LogP contribution in [-0.2, 0) is 11.3 Å². The molecule has 3 rings (SSSR count). The van der Waals surface area contributed by atoms with Gasteiger partial charge in [0.25, 0.3) is 0 Å². The summed E-state index contributed by atoms with van der Waals surface area (Å²) in [5.41, 5.74) is 7.87. The van der Waals surface area contributed by atoms with Crippen LogP contribution in [0.3, 0.4) is 0 Å². The van der Waals surface area contributed by atoms with Gasteiger partial charge in [-0.2, -0.15) is 0 Å². The Labute approximate surface area is 124 Å². The highest BCUT2D eigenvalue weighted by molar-refractivity contribution is 5.77. The number of hydrogen-bond donors (Lipinski definition) is 1. The van der Waals surface area contributed by atoms with Crippen LogP contribution in [0.4, 0.5) is 5.69 Å². The van der Waals surface area contributed by atoms with E-state index in [-0.39, 0.29) is 5.91 Å². The molecule has 1 saturated heterocycles. The summed E-state index contributed by atoms with van der Waals surface area (Å²) in [6, 6.07) is 5.40. The van der Waals surface area contributed by atoms with Gasteiger partial charge in [-0.15, -0.1) is 0 Å². The normalized spacial score (nSPS) is 20.0. The first-order valence-corrected chi connectivity index (χ1v) is 7.58. The molecule has 1 aromatic heterocycles. The van der Waals surface area contributed by atoms with Crippen LogP contribution in [-0.4, -0.2) is 22.3 Å². The van der Waals surface area contributed by atoms with E-state index in [0.717, 1.165) is 31.3 Å². The molecule has 21 heavy (non-hydrogen) atoms. The van der Waals surface area contributed by atoms with Crippen LogP contribution in [0.1, 0.15) is 38.5 Å². The van der Waals surface area contributed by atoms with Crippen LogP contribution in [0.25, 0.3) is 11.1 Å². The monoisotopic (exact) mass is 287 g/mol. The largest absolute Gasteiger partial charge is 0.439 e. The number of nitrogens with two attached hydrogens (primary N) is 1. The van der Waals surface area contributed by atoms with Crippen LogP contribution < -0.4 is 5.73 Å². The molecule has 1 fully saturated rings. The van der Waals surface area contributed by atoms with Gasteiger partial charge in [-0.1, -0.05) is 13.3 Å². The summed E-state index contributed by atoms with van der Waals surface area (Å²) in [5, 5.41) is 0. The Balaban J connectivity index is 1.76. The first-order valence-electron chi connectivity index (χ1n) is 7.58. The van der Waals surface area contributed by atoms with E-state index in [1.54, 1.807) is 12.1 Å². The minimum Gasteiger partial charge on any atom is -0.439 e. The molecule has 2 aromatic rings. The molecule has 1 unspecified atom stereocenters. The molecule has 1 aliphatic heterocycles. The predicted molar refractivity (Wildman–Crippen MR) is 81.5 cm³/mol. The minimum atomic E-state index is 0.202. The molecule has 1 amide bonds. The molecule has 0 radical (unpaired) electrons. The summed E-state index contributed by atoms with van der Waals surface area (Å²) < 4.78 is 5.71. The molecular formula is C16H21N3O2. The number of likely N-dealkylation sites (tertiary alicyclic amines) is 1. The Hall–Kier alpha value is -2.04. The van der Waals surface area contributed by atoms with Crippen molar-refractivity contribution in [3.05, 3.63) is 24.1 Å². The summed E-state index contributed by atoms with van der Waals surface area (Å²) in [4.78, 5) is 18.5. The van der Waals surface area contributed by atoms with Gasteiger partial charge in [0.15, 0.2) is 5.58 Å². The fraction of sp³-hybridized carbons (Fsp3) is 0.500. The molecule has 5 nitrogen and oxygen atoms in total. The quantitative estimate of drug-likeness (QED) is 0.881. The Morgan fingerprint density at radius 1 is 1.43 bits per heavy atom. The van der Waals surface area contributed by atoms with Crippen LogP contribution in [0.5, 0.6) is 0 Å². The van der Waals surface area contributed by atoms with E-state index in [4.69, 9.17) is 10.2 Å². The van der Waals surface area contributed by atoms with E-state index in [2.05, 4.69) is 11.9 Å². The molecule has 112 valence electrons. The maximum Gasteiger partial charge on any atom is 0.223 e. The van der Waals surface area contributed by atoms with Gasteiger partial charge in [0, 0.05) is 18.7 Å². The second-order valence-corrected chi connectivity index (χ2v) is 5.75. The van der Waals surface area contributed by atoms with E-state index < -0.39 is 0 Å². The number of aromatic nitrogens is 1. The van der Waals surface area contributed by atoms with Gasteiger partial charge >= 0.3 is 0 Å². The molecule has 0 bridgehead atoms. The first-order chi connectivity index (χ1) is 10.2. The number of carbonyl (C=O) groups is 1. The van der Waals surface area contributed by atoms with Gasteiger partial charge in [0.05, 0.1) is 6.54 Å². The molecule has 2 heterocycles. The minimum absolute atomic E-state index is 0.202. The smallest absolute Gasteiger partial charge is 0.223 e. The average Bonchev–Trinajstić information content (AvgIpc) is 2.78. The lowest BCUT2D eigenvalue weighted by Crippen LogP contribution is -2.29. The summed E-state index contributed by atoms with van der Waals surface area (Å²) >= 11 is 0. The highest BCUT2D eigenvalue weighted by Crippen LogP contribution is 2.23. The lowest BCUT2D eigenvalue weighted by Gasteiger charge is -2.18. The average molecular weight is 287 g/mol. The van der Waals surface area contributed by atoms with Crippen LogP contribution >= 0.6 is 0 Å². The van der Waals surface area contributed by atoms with Crippen molar-refractivity contribution in [2.24, 2.45) is 5.92 Å². The topological polar surface area (TPSA) is 72.4 Å². The van der Waals surface area contributed by atoms with Crippen molar-refractivity contribution in [2.75, 3.05) is 12.3 Å². The van der Waals surface area contributed by atoms with Crippen molar-refractivity contribution in [1.82, 2.24) is 9.88 Å². The van der Waals surface area contributed by atoms with E-state index in [1.165, 1.54) is 0 Å². The van der Waals surface area contributed by atoms with Crippen LogP contribution in [0.2, 0.25) is 0 Å². The molecule has 2 N–H and O–H groups in total. The third-order valence-electron chi connectivity index (χ3n) is 4.29. The van der Waals surface area contributed by atoms with Gasteiger partial charge in [-0.3, -0.25) is 4.79 Å². The van der Waals surface area contributed by atoms with Crippen LogP contribution in [0, 0.1) is 5.92 Å². The number of nitrogen functional groups attached to an aromatic ring is 1. The molecule has 5 heteroatoms. The Morgan fingerprint density at radius 3 is 3.10 bits per heavy atom. The Morgan fingerprint density at radius 2 is 2.29 bits per heavy atom. The number of hydrogen-bond acceptors (Lipinski definition) is 4. The number of amides is 1. The first kappa shape index (κ1) is 13.9. The molecule has 0 aliphatic carbocycles. The lowest BCUT2D eigenvalue weighted by molar-refractivity contribution is -0.131. The standard InChI is InChI=1S/C16H21N3O2/c1-2-11-3-6-16(20)19(8-7-11)10-15-18-13-9-12(17)4-5-14(13)21-15/h4-5,9,11H,2-3,6-8,10,17H2,1H3. The van der Waals surface area contributed by atoms with Gasteiger partial charge in [0.2, 0.25) is 11.8 Å². The molecule has 0 spiro atoms. The number of benzene rings is 1. The number of carbonyl (C=O) groups excluding carboxylic acids is 1. The number of fused-ring (bicyclic) bond motifs is 1. The van der Waals surface area contributed by atoms with Crippen molar-refractivity contribution < 1.29 is 9.21 Å². The van der Waals surface area contributed by atoms with E-state index in [9.17, 15) is 4.79 Å². The molecular weight excluding hydrogens is 266 g/mol. The van der Waals surface area contributed by atoms with Crippen molar-refractivity contribution in [2.45, 2.75) is 39.2 Å². The maximum atomic E-state index is 12.2. The summed E-state index contributed by atoms with van der Waals surface area (Å²) in [6.07, 6.45) is 3.83. The van der Waals surface area contributed by atoms with Gasteiger partial charge in [-0.05, 0) is 37.0 Å². The highest BCUT2D eigenvalue weighted by Gasteiger charge is 2.23. The number of nitrogens with zero attached hydrogens (tertiary/aromatic N) is 2. The van der Waals surface area contributed by atoms with Crippen molar-refractivity contribution >= 4 is 22.7 Å². The van der Waals surface area contributed by atoms with E-state index in [0.29, 0.717) is 36.0 Å². The number of anilines is 1. The Bertz CT molecular complexity index is 650. The molecule has 1 aliphatic rings. The molecule has 0 saturated carbocycles. The summed E-state index contributed by atoms with van der Waals surface area (Å²) in [6.45, 7) is 3.43. The van der Waals surface area contributed by atoms with Gasteiger partial charge in [-0.25, -0.2) is 4.98 Å². The van der Waals surface area contributed by atoms with Gasteiger partial charge < -0.3 is 15.1 Å². The second kappa shape index (κ2) is 5.76.